The van der Waals surface area contributed by atoms with Gasteiger partial charge in [-0.25, -0.2) is 0 Å². The lowest BCUT2D eigenvalue weighted by Crippen LogP contribution is -2.63. The molecule has 0 saturated carbocycles. The minimum atomic E-state index is -1.75. The molecule has 1 aliphatic heterocycles. The second-order valence-corrected chi connectivity index (χ2v) is 13.3. The number of ether oxygens (including phenoxy) is 5. The van der Waals surface area contributed by atoms with E-state index in [0.717, 1.165) is 0 Å². The second-order valence-electron chi connectivity index (χ2n) is 13.3. The van der Waals surface area contributed by atoms with Crippen LogP contribution in [0.25, 0.3) is 0 Å². The lowest BCUT2D eigenvalue weighted by atomic mass is 9.93. The molecule has 208 valence electrons. The van der Waals surface area contributed by atoms with Crippen LogP contribution in [-0.2, 0) is 42.9 Å². The zero-order valence-corrected chi connectivity index (χ0v) is 23.7. The van der Waals surface area contributed by atoms with Gasteiger partial charge in [0.1, 0.15) is 12.7 Å². The number of esters is 4. The summed E-state index contributed by atoms with van der Waals surface area (Å²) >= 11 is 0. The number of rotatable bonds is 5. The van der Waals surface area contributed by atoms with Crippen molar-refractivity contribution in [3.05, 3.63) is 0 Å². The van der Waals surface area contributed by atoms with Gasteiger partial charge < -0.3 is 28.8 Å². The monoisotopic (exact) mass is 516 g/mol. The number of aliphatic hydroxyl groups is 1. The molecule has 0 radical (unpaired) electrons. The molecule has 0 aliphatic carbocycles. The van der Waals surface area contributed by atoms with Gasteiger partial charge in [0.2, 0.25) is 0 Å². The molecule has 36 heavy (non-hydrogen) atoms. The first-order chi connectivity index (χ1) is 16.0. The highest BCUT2D eigenvalue weighted by Crippen LogP contribution is 2.33. The molecule has 1 aliphatic rings. The molecule has 1 heterocycles. The summed E-state index contributed by atoms with van der Waals surface area (Å²) in [6.45, 7) is 19.2. The summed E-state index contributed by atoms with van der Waals surface area (Å²) in [6, 6.07) is 0. The average molecular weight is 517 g/mol. The predicted molar refractivity (Wildman–Crippen MR) is 129 cm³/mol. The SMILES string of the molecule is CC(C)(C)C(=O)OC[C@H]1O[C@H](O)[C@H](OC(=O)C(C)(C)C)[C@@H](OC(=O)C(C)(C)C)[C@@H]1OC(=O)C(C)(C)C. The van der Waals surface area contributed by atoms with Crippen LogP contribution in [-0.4, -0.2) is 66.3 Å². The van der Waals surface area contributed by atoms with E-state index in [4.69, 9.17) is 23.7 Å². The Kier molecular flexibility index (Phi) is 9.77. The molecule has 0 aromatic carbocycles. The smallest absolute Gasteiger partial charge is 0.311 e. The summed E-state index contributed by atoms with van der Waals surface area (Å²) in [5.41, 5.74) is -3.68. The Hall–Kier alpha value is -2.20. The van der Waals surface area contributed by atoms with Crippen LogP contribution < -0.4 is 0 Å². The summed E-state index contributed by atoms with van der Waals surface area (Å²) < 4.78 is 28.0. The minimum Gasteiger partial charge on any atom is -0.462 e. The molecule has 0 bridgehead atoms. The number of hydrogen-bond donors (Lipinski definition) is 1. The molecule has 0 aromatic heterocycles. The number of carbonyl (C=O) groups excluding carboxylic acids is 4. The number of hydrogen-bond acceptors (Lipinski definition) is 10. The molecule has 0 spiro atoms. The third kappa shape index (κ3) is 8.73. The van der Waals surface area contributed by atoms with Crippen LogP contribution >= 0.6 is 0 Å². The average Bonchev–Trinajstić information content (AvgIpc) is 2.67. The van der Waals surface area contributed by atoms with E-state index in [9.17, 15) is 24.3 Å². The first-order valence-electron chi connectivity index (χ1n) is 12.1. The zero-order valence-electron chi connectivity index (χ0n) is 23.7. The van der Waals surface area contributed by atoms with Crippen molar-refractivity contribution in [2.45, 2.75) is 114 Å². The molecular formula is C26H44O10. The van der Waals surface area contributed by atoms with E-state index in [1.54, 1.807) is 83.1 Å². The maximum Gasteiger partial charge on any atom is 0.311 e. The molecule has 1 fully saturated rings. The molecule has 0 aromatic rings. The van der Waals surface area contributed by atoms with Gasteiger partial charge in [-0.15, -0.1) is 0 Å². The summed E-state index contributed by atoms with van der Waals surface area (Å²) in [5.74, 6) is -2.57. The van der Waals surface area contributed by atoms with Gasteiger partial charge in [0.05, 0.1) is 21.7 Å². The fourth-order valence-corrected chi connectivity index (χ4v) is 2.71. The van der Waals surface area contributed by atoms with Crippen LogP contribution in [0, 0.1) is 21.7 Å². The molecule has 1 saturated heterocycles. The lowest BCUT2D eigenvalue weighted by molar-refractivity contribution is -0.300. The highest BCUT2D eigenvalue weighted by atomic mass is 16.7. The molecule has 1 rings (SSSR count). The number of aliphatic hydroxyl groups excluding tert-OH is 1. The van der Waals surface area contributed by atoms with Gasteiger partial charge in [-0.3, -0.25) is 19.2 Å². The molecule has 5 atom stereocenters. The Balaban J connectivity index is 3.50. The highest BCUT2D eigenvalue weighted by Gasteiger charge is 2.54. The summed E-state index contributed by atoms with van der Waals surface area (Å²) in [6.07, 6.45) is -7.25. The number of carbonyl (C=O) groups is 4. The van der Waals surface area contributed by atoms with Crippen LogP contribution in [0.5, 0.6) is 0 Å². The lowest BCUT2D eigenvalue weighted by Gasteiger charge is -2.44. The van der Waals surface area contributed by atoms with Gasteiger partial charge in [0, 0.05) is 0 Å². The van der Waals surface area contributed by atoms with E-state index in [2.05, 4.69) is 0 Å². The van der Waals surface area contributed by atoms with E-state index in [1.165, 1.54) is 0 Å². The Morgan fingerprint density at radius 3 is 1.28 bits per heavy atom. The molecular weight excluding hydrogens is 472 g/mol. The van der Waals surface area contributed by atoms with E-state index >= 15 is 0 Å². The largest absolute Gasteiger partial charge is 0.462 e. The quantitative estimate of drug-likeness (QED) is 0.429. The standard InChI is InChI=1S/C26H44O10/c1-23(2,3)19(28)32-13-14-15(34-20(29)24(4,5)6)16(35-21(30)25(7,8)9)17(18(27)33-14)36-22(31)26(10,11)12/h14-18,27H,13H2,1-12H3/t14-,15-,16+,17-,18+/m1/s1. The first kappa shape index (κ1) is 31.8. The Morgan fingerprint density at radius 1 is 0.583 bits per heavy atom. The Morgan fingerprint density at radius 2 is 0.917 bits per heavy atom. The van der Waals surface area contributed by atoms with Gasteiger partial charge in [0.15, 0.2) is 24.6 Å². The van der Waals surface area contributed by atoms with Crippen LogP contribution in [0.4, 0.5) is 0 Å². The van der Waals surface area contributed by atoms with Gasteiger partial charge in [-0.1, -0.05) is 0 Å². The molecule has 0 unspecified atom stereocenters. The Labute approximate surface area is 214 Å². The van der Waals surface area contributed by atoms with Crippen molar-refractivity contribution < 1.29 is 48.0 Å². The van der Waals surface area contributed by atoms with Gasteiger partial charge in [-0.2, -0.15) is 0 Å². The third-order valence-electron chi connectivity index (χ3n) is 5.17. The van der Waals surface area contributed by atoms with Crippen molar-refractivity contribution in [3.8, 4) is 0 Å². The maximum atomic E-state index is 12.9. The normalized spacial score (nSPS) is 25.5. The minimum absolute atomic E-state index is 0.404. The van der Waals surface area contributed by atoms with Crippen LogP contribution in [0.1, 0.15) is 83.1 Å². The van der Waals surface area contributed by atoms with Gasteiger partial charge in [0.25, 0.3) is 0 Å². The van der Waals surface area contributed by atoms with Crippen LogP contribution in [0.2, 0.25) is 0 Å². The van der Waals surface area contributed by atoms with E-state index < -0.39 is 82.8 Å². The van der Waals surface area contributed by atoms with Crippen molar-refractivity contribution in [2.75, 3.05) is 6.61 Å². The molecule has 1 N–H and O–H groups in total. The second kappa shape index (κ2) is 11.0. The third-order valence-corrected chi connectivity index (χ3v) is 5.17. The summed E-state index contributed by atoms with van der Waals surface area (Å²) in [5, 5.41) is 10.8. The van der Waals surface area contributed by atoms with Crippen molar-refractivity contribution in [2.24, 2.45) is 21.7 Å². The van der Waals surface area contributed by atoms with Crippen LogP contribution in [0.3, 0.4) is 0 Å². The summed E-state index contributed by atoms with van der Waals surface area (Å²) in [7, 11) is 0. The first-order valence-corrected chi connectivity index (χ1v) is 12.1. The van der Waals surface area contributed by atoms with E-state index in [0.29, 0.717) is 0 Å². The predicted octanol–water partition coefficient (Wildman–Crippen LogP) is 3.17. The fourth-order valence-electron chi connectivity index (χ4n) is 2.71. The molecule has 10 heteroatoms. The maximum absolute atomic E-state index is 12.9. The Bertz CT molecular complexity index is 820. The van der Waals surface area contributed by atoms with Gasteiger partial charge in [-0.05, 0) is 83.1 Å². The van der Waals surface area contributed by atoms with Crippen molar-refractivity contribution >= 4 is 23.9 Å². The fraction of sp³-hybridized carbons (Fsp3) is 0.846. The van der Waals surface area contributed by atoms with Crippen molar-refractivity contribution in [1.82, 2.24) is 0 Å². The van der Waals surface area contributed by atoms with Crippen molar-refractivity contribution in [3.63, 3.8) is 0 Å². The summed E-state index contributed by atoms with van der Waals surface area (Å²) in [4.78, 5) is 50.8. The van der Waals surface area contributed by atoms with Crippen LogP contribution in [0.15, 0.2) is 0 Å². The van der Waals surface area contributed by atoms with E-state index in [-0.39, 0.29) is 0 Å². The topological polar surface area (TPSA) is 135 Å². The van der Waals surface area contributed by atoms with E-state index in [1.807, 2.05) is 0 Å². The zero-order chi connectivity index (χ0) is 28.4. The highest BCUT2D eigenvalue weighted by molar-refractivity contribution is 5.78. The van der Waals surface area contributed by atoms with Crippen molar-refractivity contribution in [1.29, 1.82) is 0 Å². The molecule has 0 amide bonds. The molecule has 10 nitrogen and oxygen atoms in total. The van der Waals surface area contributed by atoms with Gasteiger partial charge >= 0.3 is 23.9 Å².